The van der Waals surface area contributed by atoms with E-state index in [1.54, 1.807) is 6.92 Å². The molecule has 0 bridgehead atoms. The number of hydrogen-bond donors (Lipinski definition) is 1. The topological polar surface area (TPSA) is 109 Å². The Kier molecular flexibility index (Phi) is 8.78. The van der Waals surface area contributed by atoms with Crippen LogP contribution in [0.2, 0.25) is 0 Å². The molecule has 1 aliphatic carbocycles. The second-order valence-electron chi connectivity index (χ2n) is 7.27. The highest BCUT2D eigenvalue weighted by molar-refractivity contribution is 9.10. The molecule has 0 atom stereocenters. The average Bonchev–Trinajstić information content (AvgIpc) is 3.19. The standard InChI is InChI=1S/C23H26BrNO8S/c1-5-32-23(28)17-12-8-6-7-9-15(12)34-21(17)25-16(26)11-33-22(27)13-10-14(29-2)19(30-3)20(31-4)18(13)24/h10H,5-9,11H2,1-4H3,(H,25,26). The Hall–Kier alpha value is -2.79. The Labute approximate surface area is 209 Å². The Morgan fingerprint density at radius 2 is 1.71 bits per heavy atom. The quantitative estimate of drug-likeness (QED) is 0.453. The smallest absolute Gasteiger partial charge is 0.341 e. The first-order chi connectivity index (χ1) is 16.4. The molecule has 0 saturated heterocycles. The van der Waals surface area contributed by atoms with Crippen molar-refractivity contribution in [3.63, 3.8) is 0 Å². The van der Waals surface area contributed by atoms with Gasteiger partial charge in [-0.2, -0.15) is 0 Å². The van der Waals surface area contributed by atoms with E-state index in [-0.39, 0.29) is 23.7 Å². The number of thiophene rings is 1. The normalized spacial score (nSPS) is 12.4. The third-order valence-electron chi connectivity index (χ3n) is 5.23. The number of rotatable bonds is 9. The monoisotopic (exact) mass is 555 g/mol. The average molecular weight is 556 g/mol. The van der Waals surface area contributed by atoms with Crippen LogP contribution in [0, 0.1) is 0 Å². The molecule has 184 valence electrons. The number of amides is 1. The highest BCUT2D eigenvalue weighted by atomic mass is 79.9. The van der Waals surface area contributed by atoms with Gasteiger partial charge in [-0.25, -0.2) is 9.59 Å². The first-order valence-electron chi connectivity index (χ1n) is 10.6. The number of carbonyl (C=O) groups is 3. The number of methoxy groups -OCH3 is 3. The summed E-state index contributed by atoms with van der Waals surface area (Å²) in [6, 6.07) is 1.43. The summed E-state index contributed by atoms with van der Waals surface area (Å²) in [5.41, 5.74) is 1.43. The SMILES string of the molecule is CCOC(=O)c1c(NC(=O)COC(=O)c2cc(OC)c(OC)c(OC)c2Br)sc2c1CCCC2. The van der Waals surface area contributed by atoms with Gasteiger partial charge in [0.2, 0.25) is 5.75 Å². The summed E-state index contributed by atoms with van der Waals surface area (Å²) in [7, 11) is 4.30. The van der Waals surface area contributed by atoms with E-state index in [1.165, 1.54) is 38.7 Å². The minimum absolute atomic E-state index is 0.0982. The highest BCUT2D eigenvalue weighted by Gasteiger charge is 2.28. The van der Waals surface area contributed by atoms with Crippen molar-refractivity contribution in [3.8, 4) is 17.2 Å². The van der Waals surface area contributed by atoms with Crippen molar-refractivity contribution in [2.24, 2.45) is 0 Å². The molecule has 2 aromatic rings. The van der Waals surface area contributed by atoms with Gasteiger partial charge in [0.1, 0.15) is 5.00 Å². The summed E-state index contributed by atoms with van der Waals surface area (Å²) in [4.78, 5) is 39.0. The molecule has 1 amide bonds. The van der Waals surface area contributed by atoms with Crippen molar-refractivity contribution in [2.75, 3.05) is 39.9 Å². The fourth-order valence-corrected chi connectivity index (χ4v) is 5.63. The maximum absolute atomic E-state index is 12.7. The van der Waals surface area contributed by atoms with Crippen LogP contribution in [0.15, 0.2) is 10.5 Å². The number of aryl methyl sites for hydroxylation is 1. The summed E-state index contributed by atoms with van der Waals surface area (Å²) in [5.74, 6) is -0.975. The molecule has 0 fully saturated rings. The van der Waals surface area contributed by atoms with Crippen molar-refractivity contribution >= 4 is 50.1 Å². The predicted molar refractivity (Wildman–Crippen MR) is 130 cm³/mol. The second-order valence-corrected chi connectivity index (χ2v) is 9.16. The van der Waals surface area contributed by atoms with Crippen molar-refractivity contribution in [2.45, 2.75) is 32.6 Å². The Morgan fingerprint density at radius 1 is 1.00 bits per heavy atom. The van der Waals surface area contributed by atoms with Crippen LogP contribution in [-0.2, 0) is 27.1 Å². The zero-order chi connectivity index (χ0) is 24.8. The molecule has 9 nitrogen and oxygen atoms in total. The predicted octanol–water partition coefficient (Wildman–Crippen LogP) is 4.39. The van der Waals surface area contributed by atoms with Crippen LogP contribution in [0.4, 0.5) is 5.00 Å². The van der Waals surface area contributed by atoms with Gasteiger partial charge in [0, 0.05) is 4.88 Å². The third-order valence-corrected chi connectivity index (χ3v) is 7.22. The molecule has 1 heterocycles. The van der Waals surface area contributed by atoms with E-state index in [9.17, 15) is 14.4 Å². The summed E-state index contributed by atoms with van der Waals surface area (Å²) < 4.78 is 26.6. The molecule has 1 N–H and O–H groups in total. The van der Waals surface area contributed by atoms with Crippen LogP contribution >= 0.6 is 27.3 Å². The third kappa shape index (κ3) is 5.30. The number of anilines is 1. The lowest BCUT2D eigenvalue weighted by Gasteiger charge is -2.16. The number of nitrogens with one attached hydrogen (secondary N) is 1. The minimum Gasteiger partial charge on any atom is -0.493 e. The number of benzene rings is 1. The van der Waals surface area contributed by atoms with Crippen LogP contribution in [0.3, 0.4) is 0 Å². The van der Waals surface area contributed by atoms with Crippen LogP contribution in [-0.4, -0.2) is 52.4 Å². The molecular weight excluding hydrogens is 530 g/mol. The van der Waals surface area contributed by atoms with Crippen molar-refractivity contribution in [1.82, 2.24) is 0 Å². The fourth-order valence-electron chi connectivity index (χ4n) is 3.71. The number of halogens is 1. The lowest BCUT2D eigenvalue weighted by Crippen LogP contribution is -2.22. The minimum atomic E-state index is -0.766. The van der Waals surface area contributed by atoms with Crippen LogP contribution in [0.1, 0.15) is 50.9 Å². The van der Waals surface area contributed by atoms with Gasteiger partial charge in [-0.15, -0.1) is 11.3 Å². The van der Waals surface area contributed by atoms with E-state index in [4.69, 9.17) is 23.7 Å². The molecule has 1 aromatic carbocycles. The molecule has 1 aromatic heterocycles. The van der Waals surface area contributed by atoms with E-state index in [0.717, 1.165) is 36.1 Å². The van der Waals surface area contributed by atoms with Crippen molar-refractivity contribution < 1.29 is 38.1 Å². The highest BCUT2D eigenvalue weighted by Crippen LogP contribution is 2.45. The molecule has 3 rings (SSSR count). The van der Waals surface area contributed by atoms with Gasteiger partial charge in [-0.1, -0.05) is 0 Å². The van der Waals surface area contributed by atoms with Gasteiger partial charge in [0.05, 0.1) is 43.5 Å². The van der Waals surface area contributed by atoms with Crippen molar-refractivity contribution in [1.29, 1.82) is 0 Å². The molecule has 0 radical (unpaired) electrons. The first kappa shape index (κ1) is 25.8. The largest absolute Gasteiger partial charge is 0.493 e. The summed E-state index contributed by atoms with van der Waals surface area (Å²) in [5, 5.41) is 3.13. The Balaban J connectivity index is 1.76. The van der Waals surface area contributed by atoms with E-state index in [2.05, 4.69) is 21.2 Å². The lowest BCUT2D eigenvalue weighted by molar-refractivity contribution is -0.119. The van der Waals surface area contributed by atoms with Gasteiger partial charge in [-0.3, -0.25) is 4.79 Å². The number of carbonyl (C=O) groups excluding carboxylic acids is 3. The molecular formula is C23H26BrNO8S. The Bertz CT molecular complexity index is 1100. The molecule has 0 saturated carbocycles. The zero-order valence-corrected chi connectivity index (χ0v) is 21.8. The number of hydrogen-bond acceptors (Lipinski definition) is 9. The maximum atomic E-state index is 12.7. The van der Waals surface area contributed by atoms with Crippen LogP contribution in [0.5, 0.6) is 17.2 Å². The number of fused-ring (bicyclic) bond motifs is 1. The van der Waals surface area contributed by atoms with Crippen LogP contribution in [0.25, 0.3) is 0 Å². The zero-order valence-electron chi connectivity index (χ0n) is 19.4. The second kappa shape index (κ2) is 11.6. The summed E-state index contributed by atoms with van der Waals surface area (Å²) in [6.07, 6.45) is 3.63. The van der Waals surface area contributed by atoms with E-state index < -0.39 is 24.5 Å². The fraction of sp³-hybridized carbons (Fsp3) is 0.435. The molecule has 34 heavy (non-hydrogen) atoms. The van der Waals surface area contributed by atoms with Gasteiger partial charge >= 0.3 is 11.9 Å². The van der Waals surface area contributed by atoms with Crippen LogP contribution < -0.4 is 19.5 Å². The van der Waals surface area contributed by atoms with Gasteiger partial charge in [-0.05, 0) is 60.2 Å². The molecule has 0 unspecified atom stereocenters. The van der Waals surface area contributed by atoms with E-state index in [1.807, 2.05) is 0 Å². The molecule has 0 spiro atoms. The first-order valence-corrected chi connectivity index (χ1v) is 12.2. The Morgan fingerprint density at radius 3 is 2.35 bits per heavy atom. The molecule has 0 aliphatic heterocycles. The summed E-state index contributed by atoms with van der Waals surface area (Å²) >= 11 is 4.68. The van der Waals surface area contributed by atoms with Gasteiger partial charge in [0.25, 0.3) is 5.91 Å². The molecule has 11 heteroatoms. The summed E-state index contributed by atoms with van der Waals surface area (Å²) in [6.45, 7) is 1.42. The van der Waals surface area contributed by atoms with Gasteiger partial charge in [0.15, 0.2) is 18.1 Å². The van der Waals surface area contributed by atoms with Gasteiger partial charge < -0.3 is 29.0 Å². The maximum Gasteiger partial charge on any atom is 0.341 e. The lowest BCUT2D eigenvalue weighted by atomic mass is 9.95. The van der Waals surface area contributed by atoms with E-state index in [0.29, 0.717) is 20.8 Å². The van der Waals surface area contributed by atoms with E-state index >= 15 is 0 Å². The number of ether oxygens (including phenoxy) is 5. The molecule has 1 aliphatic rings. The number of esters is 2. The van der Waals surface area contributed by atoms with Crippen molar-refractivity contribution in [3.05, 3.63) is 32.1 Å².